The molecule has 12 nitrogen and oxygen atoms in total. The summed E-state index contributed by atoms with van der Waals surface area (Å²) in [5.41, 5.74) is 12.2. The number of rotatable bonds is 10. The second-order valence-electron chi connectivity index (χ2n) is 10.3. The summed E-state index contributed by atoms with van der Waals surface area (Å²) < 4.78 is 26.7. The monoisotopic (exact) mass is 573 g/mol. The lowest BCUT2D eigenvalue weighted by Crippen LogP contribution is -2.89. The number of benzene rings is 2. The van der Waals surface area contributed by atoms with Crippen LogP contribution in [0.25, 0.3) is 0 Å². The lowest BCUT2D eigenvalue weighted by Gasteiger charge is -2.31. The van der Waals surface area contributed by atoms with Crippen molar-refractivity contribution in [3.63, 3.8) is 0 Å². The van der Waals surface area contributed by atoms with Crippen molar-refractivity contribution in [1.29, 1.82) is 0 Å². The summed E-state index contributed by atoms with van der Waals surface area (Å²) >= 11 is 0. The summed E-state index contributed by atoms with van der Waals surface area (Å²) in [5, 5.41) is 7.41. The van der Waals surface area contributed by atoms with E-state index in [9.17, 15) is 18.9 Å². The highest BCUT2D eigenvalue weighted by Crippen LogP contribution is 2.57. The SMILES string of the molecule is C[C@H](N)C(=O)Nc1ccc(OP(=O)(Oc2ccc(NC(=O)[C@@H](C)N)cc2)C2CCCN2C(=O)C2CCC[NH2+]2)cc1. The molecule has 0 spiro atoms. The largest absolute Gasteiger partial charge is 0.453 e. The zero-order chi connectivity index (χ0) is 28.9. The molecule has 40 heavy (non-hydrogen) atoms. The van der Waals surface area contributed by atoms with Crippen LogP contribution in [0.5, 0.6) is 11.5 Å². The van der Waals surface area contributed by atoms with E-state index in [1.165, 1.54) is 0 Å². The summed E-state index contributed by atoms with van der Waals surface area (Å²) in [6, 6.07) is 11.2. The Labute approximate surface area is 233 Å². The molecule has 2 aromatic rings. The maximum absolute atomic E-state index is 14.6. The minimum Gasteiger partial charge on any atom is -0.415 e. The molecular formula is C27H38N6O6P+. The van der Waals surface area contributed by atoms with Crippen LogP contribution in [0.4, 0.5) is 11.4 Å². The first-order valence-electron chi connectivity index (χ1n) is 13.5. The summed E-state index contributed by atoms with van der Waals surface area (Å²) in [7, 11) is -4.00. The van der Waals surface area contributed by atoms with Gasteiger partial charge in [0.15, 0.2) is 11.8 Å². The molecule has 0 aromatic heterocycles. The number of carbonyl (C=O) groups excluding carboxylic acids is 3. The summed E-state index contributed by atoms with van der Waals surface area (Å²) in [6.45, 7) is 4.52. The maximum Gasteiger partial charge on any atom is 0.453 e. The highest BCUT2D eigenvalue weighted by Gasteiger charge is 2.49. The molecule has 2 heterocycles. The zero-order valence-corrected chi connectivity index (χ0v) is 23.6. The van der Waals surface area contributed by atoms with Crippen molar-refractivity contribution in [2.45, 2.75) is 63.4 Å². The van der Waals surface area contributed by atoms with Crippen molar-refractivity contribution in [3.8, 4) is 11.5 Å². The van der Waals surface area contributed by atoms with Gasteiger partial charge in [-0.05, 0) is 75.2 Å². The van der Waals surface area contributed by atoms with Gasteiger partial charge in [0, 0.05) is 30.8 Å². The molecule has 216 valence electrons. The number of hydrogen-bond acceptors (Lipinski definition) is 8. The molecular weight excluding hydrogens is 535 g/mol. The van der Waals surface area contributed by atoms with Crippen LogP contribution in [0.15, 0.2) is 48.5 Å². The predicted molar refractivity (Wildman–Crippen MR) is 151 cm³/mol. The Hall–Kier alpha value is -3.44. The van der Waals surface area contributed by atoms with Crippen LogP contribution in [0, 0.1) is 0 Å². The van der Waals surface area contributed by atoms with Crippen molar-refractivity contribution in [2.75, 3.05) is 23.7 Å². The van der Waals surface area contributed by atoms with E-state index in [4.69, 9.17) is 20.5 Å². The number of nitrogens with two attached hydrogens (primary N) is 3. The van der Waals surface area contributed by atoms with Crippen LogP contribution >= 0.6 is 7.60 Å². The highest BCUT2D eigenvalue weighted by molar-refractivity contribution is 7.55. The van der Waals surface area contributed by atoms with Crippen LogP contribution in [-0.2, 0) is 18.9 Å². The van der Waals surface area contributed by atoms with Crippen molar-refractivity contribution in [2.24, 2.45) is 11.5 Å². The Kier molecular flexibility index (Phi) is 9.47. The van der Waals surface area contributed by atoms with Crippen LogP contribution in [0.3, 0.4) is 0 Å². The van der Waals surface area contributed by atoms with Crippen LogP contribution in [-0.4, -0.2) is 59.6 Å². The molecule has 0 radical (unpaired) electrons. The second-order valence-corrected chi connectivity index (χ2v) is 12.3. The molecule has 0 bridgehead atoms. The van der Waals surface area contributed by atoms with E-state index in [0.717, 1.165) is 19.4 Å². The Morgan fingerprint density at radius 1 is 0.875 bits per heavy atom. The average molecular weight is 574 g/mol. The van der Waals surface area contributed by atoms with Crippen molar-refractivity contribution in [3.05, 3.63) is 48.5 Å². The van der Waals surface area contributed by atoms with Gasteiger partial charge in [0.25, 0.3) is 5.91 Å². The van der Waals surface area contributed by atoms with E-state index < -0.39 is 25.5 Å². The average Bonchev–Trinajstić information content (AvgIpc) is 3.64. The number of amides is 3. The van der Waals surface area contributed by atoms with Gasteiger partial charge in [-0.1, -0.05) is 0 Å². The van der Waals surface area contributed by atoms with Crippen LogP contribution in [0.2, 0.25) is 0 Å². The molecule has 5 atom stereocenters. The Balaban J connectivity index is 1.58. The fraction of sp³-hybridized carbons (Fsp3) is 0.444. The van der Waals surface area contributed by atoms with E-state index in [1.807, 2.05) is 5.32 Å². The zero-order valence-electron chi connectivity index (χ0n) is 22.7. The van der Waals surface area contributed by atoms with Gasteiger partial charge in [0.05, 0.1) is 18.6 Å². The molecule has 0 saturated carbocycles. The maximum atomic E-state index is 14.6. The molecule has 13 heteroatoms. The summed E-state index contributed by atoms with van der Waals surface area (Å²) in [6.07, 6.45) is 2.86. The molecule has 2 saturated heterocycles. The number of nitrogens with zero attached hydrogens (tertiary/aromatic N) is 1. The number of nitrogens with one attached hydrogen (secondary N) is 2. The molecule has 8 N–H and O–H groups in total. The summed E-state index contributed by atoms with van der Waals surface area (Å²) in [4.78, 5) is 38.9. The third kappa shape index (κ3) is 7.19. The highest BCUT2D eigenvalue weighted by atomic mass is 31.2. The Morgan fingerprint density at radius 2 is 1.38 bits per heavy atom. The molecule has 3 amide bonds. The van der Waals surface area contributed by atoms with Gasteiger partial charge >= 0.3 is 7.60 Å². The van der Waals surface area contributed by atoms with Crippen LogP contribution < -0.4 is 36.5 Å². The predicted octanol–water partition coefficient (Wildman–Crippen LogP) is 1.58. The van der Waals surface area contributed by atoms with Gasteiger partial charge in [-0.2, -0.15) is 0 Å². The Bertz CT molecular complexity index is 1180. The lowest BCUT2D eigenvalue weighted by atomic mass is 10.2. The van der Waals surface area contributed by atoms with Gasteiger partial charge in [0.1, 0.15) is 11.5 Å². The van der Waals surface area contributed by atoms with E-state index >= 15 is 0 Å². The first kappa shape index (κ1) is 29.5. The number of carbonyl (C=O) groups is 3. The van der Waals surface area contributed by atoms with Crippen molar-refractivity contribution in [1.82, 2.24) is 4.90 Å². The van der Waals surface area contributed by atoms with Crippen molar-refractivity contribution >= 4 is 36.7 Å². The molecule has 0 aliphatic carbocycles. The third-order valence-corrected chi connectivity index (χ3v) is 9.09. The number of hydrogen-bond donors (Lipinski definition) is 5. The molecule has 3 unspecified atom stereocenters. The van der Waals surface area contributed by atoms with Crippen LogP contribution in [0.1, 0.15) is 39.5 Å². The number of quaternary nitrogens is 1. The normalized spacial score (nSPS) is 21.6. The summed E-state index contributed by atoms with van der Waals surface area (Å²) in [5.74, 6) is -0.997. The lowest BCUT2D eigenvalue weighted by molar-refractivity contribution is -0.658. The first-order valence-corrected chi connectivity index (χ1v) is 15.1. The molecule has 2 aliphatic rings. The molecule has 2 aromatic carbocycles. The molecule has 4 rings (SSSR count). The van der Waals surface area contributed by atoms with Gasteiger partial charge in [-0.25, -0.2) is 4.57 Å². The Morgan fingerprint density at radius 3 is 1.80 bits per heavy atom. The minimum absolute atomic E-state index is 0.0599. The fourth-order valence-corrected chi connectivity index (χ4v) is 6.87. The van der Waals surface area contributed by atoms with E-state index in [2.05, 4.69) is 10.6 Å². The smallest absolute Gasteiger partial charge is 0.415 e. The van der Waals surface area contributed by atoms with Gasteiger partial charge in [0.2, 0.25) is 11.8 Å². The second kappa shape index (κ2) is 12.8. The number of likely N-dealkylation sites (tertiary alicyclic amines) is 1. The van der Waals surface area contributed by atoms with E-state index in [-0.39, 0.29) is 35.3 Å². The fourth-order valence-electron chi connectivity index (χ4n) is 4.69. The van der Waals surface area contributed by atoms with Gasteiger partial charge in [-0.3, -0.25) is 14.4 Å². The first-order chi connectivity index (χ1) is 19.1. The van der Waals surface area contributed by atoms with Gasteiger partial charge in [-0.15, -0.1) is 0 Å². The van der Waals surface area contributed by atoms with Crippen molar-refractivity contribution < 1.29 is 33.3 Å². The molecule has 2 fully saturated rings. The van der Waals surface area contributed by atoms with Gasteiger partial charge < -0.3 is 41.4 Å². The minimum atomic E-state index is -4.00. The number of anilines is 2. The molecule has 2 aliphatic heterocycles. The standard InChI is InChI=1S/C27H37N6O6P/c1-17(28)25(34)31-19-7-11-21(12-8-19)38-40(37,24-6-4-16-33(24)27(36)23-5-3-15-30-23)39-22-13-9-20(10-14-22)32-26(35)18(2)29/h7-14,17-18,23-24,30H,3-6,15-16,28-29H2,1-2H3,(H,31,34)(H,32,35)/p+1/t17-,18+,23?,24?,40?. The quantitative estimate of drug-likeness (QED) is 0.265. The third-order valence-electron chi connectivity index (χ3n) is 6.89. The van der Waals surface area contributed by atoms with E-state index in [0.29, 0.717) is 30.8 Å². The topological polar surface area (TPSA) is 183 Å². The van der Waals surface area contributed by atoms with E-state index in [1.54, 1.807) is 67.3 Å².